The van der Waals surface area contributed by atoms with Crippen LogP contribution in [0.25, 0.3) is 0 Å². The Labute approximate surface area is 141 Å². The molecule has 0 aromatic heterocycles. The topological polar surface area (TPSA) is 161 Å². The molecule has 11 heteroatoms. The van der Waals surface area contributed by atoms with Gasteiger partial charge in [-0.25, -0.2) is 0 Å². The van der Waals surface area contributed by atoms with E-state index in [2.05, 4.69) is 0 Å². The zero-order valence-electron chi connectivity index (χ0n) is 12.6. The van der Waals surface area contributed by atoms with Crippen molar-refractivity contribution in [1.29, 1.82) is 0 Å². The molecule has 8 nitrogen and oxygen atoms in total. The molecule has 0 aromatic carbocycles. The minimum atomic E-state index is -5.36. The van der Waals surface area contributed by atoms with E-state index in [1.165, 1.54) is 0 Å². The molecule has 0 bridgehead atoms. The molecule has 1 saturated carbocycles. The summed E-state index contributed by atoms with van der Waals surface area (Å²) in [5, 5.41) is 6.69. The van der Waals surface area contributed by atoms with Gasteiger partial charge in [-0.2, -0.15) is 0 Å². The molecule has 1 fully saturated rings. The molecule has 7 N–H and O–H groups in total. The summed E-state index contributed by atoms with van der Waals surface area (Å²) in [6.45, 7) is 1.81. The van der Waals surface area contributed by atoms with Crippen LogP contribution in [0.1, 0.15) is 34.0 Å². The summed E-state index contributed by atoms with van der Waals surface area (Å²) in [4.78, 5) is 36.6. The summed E-state index contributed by atoms with van der Waals surface area (Å²) in [5.41, 5.74) is 5.72. The Morgan fingerprint density at radius 3 is 1.70 bits per heavy atom. The molecule has 116 valence electrons. The molecular weight excluding hydrogens is 319 g/mol. The normalized spacial score (nSPS) is 26.8. The van der Waals surface area contributed by atoms with Crippen LogP contribution >= 0.6 is 15.2 Å². The maximum atomic E-state index is 11.3. The fraction of sp³-hybridized carbons (Fsp3) is 1.00. The van der Waals surface area contributed by atoms with Gasteiger partial charge in [-0.05, 0) is 38.5 Å². The third kappa shape index (κ3) is 4.15. The monoisotopic (exact) mass is 341 g/mol. The van der Waals surface area contributed by atoms with Crippen molar-refractivity contribution in [3.05, 3.63) is 0 Å². The summed E-state index contributed by atoms with van der Waals surface area (Å²) in [6, 6.07) is -0.0980. The second kappa shape index (κ2) is 7.20. The van der Waals surface area contributed by atoms with Gasteiger partial charge in [0.05, 0.1) is 0 Å². The summed E-state index contributed by atoms with van der Waals surface area (Å²) in [6.07, 6.45) is 1.20. The minimum Gasteiger partial charge on any atom is -1.00 e. The average Bonchev–Trinajstić information content (AvgIpc) is 2.25. The van der Waals surface area contributed by atoms with E-state index >= 15 is 0 Å². The summed E-state index contributed by atoms with van der Waals surface area (Å²) in [5.74, 6) is -1.00. The molecule has 1 unspecified atom stereocenters. The standard InChI is InChI=1S/C9H21NO7P2.Na.H/c1-6(10)7-2-4-8(5-3-7)9(11,18(12,13)14)19(15,16)17;;/h6-8,11H,2-5,10H2,1H3,(H2,12,13,14)(H2,15,16,17);;/q;+1;-1. The molecule has 0 aromatic rings. The van der Waals surface area contributed by atoms with Crippen LogP contribution in [0.5, 0.6) is 0 Å². The van der Waals surface area contributed by atoms with Gasteiger partial charge >= 0.3 is 44.7 Å². The van der Waals surface area contributed by atoms with E-state index in [9.17, 15) is 14.2 Å². The van der Waals surface area contributed by atoms with Crippen molar-refractivity contribution < 1.29 is 64.8 Å². The first-order valence-corrected chi connectivity index (χ1v) is 9.23. The van der Waals surface area contributed by atoms with Gasteiger partial charge in [0, 0.05) is 12.0 Å². The predicted octanol–water partition coefficient (Wildman–Crippen LogP) is -2.74. The Balaban J connectivity index is 0. The second-order valence-corrected chi connectivity index (χ2v) is 9.14. The predicted molar refractivity (Wildman–Crippen MR) is 69.2 cm³/mol. The van der Waals surface area contributed by atoms with Crippen LogP contribution in [0.2, 0.25) is 0 Å². The number of nitrogens with two attached hydrogens (primary N) is 1. The quantitative estimate of drug-likeness (QED) is 0.237. The Morgan fingerprint density at radius 1 is 1.10 bits per heavy atom. The molecule has 1 aliphatic carbocycles. The molecule has 1 aliphatic rings. The maximum Gasteiger partial charge on any atom is 1.00 e. The Morgan fingerprint density at radius 2 is 1.45 bits per heavy atom. The van der Waals surface area contributed by atoms with Crippen molar-refractivity contribution in [3.8, 4) is 0 Å². The second-order valence-electron chi connectivity index (χ2n) is 5.25. The van der Waals surface area contributed by atoms with E-state index in [1.807, 2.05) is 6.92 Å². The van der Waals surface area contributed by atoms with E-state index in [1.54, 1.807) is 0 Å². The smallest absolute Gasteiger partial charge is 1.00 e. The van der Waals surface area contributed by atoms with E-state index in [4.69, 9.17) is 25.3 Å². The number of aliphatic hydroxyl groups is 1. The van der Waals surface area contributed by atoms with Crippen molar-refractivity contribution in [2.45, 2.75) is 43.7 Å². The summed E-state index contributed by atoms with van der Waals surface area (Å²) in [7, 11) is -10.7. The molecule has 0 radical (unpaired) electrons. The van der Waals surface area contributed by atoms with Gasteiger partial charge in [0.15, 0.2) is 0 Å². The molecule has 0 amide bonds. The Kier molecular flexibility index (Phi) is 7.63. The van der Waals surface area contributed by atoms with Crippen molar-refractivity contribution in [3.63, 3.8) is 0 Å². The Hall–Kier alpha value is 1.22. The van der Waals surface area contributed by atoms with Crippen LogP contribution in [0.4, 0.5) is 0 Å². The van der Waals surface area contributed by atoms with E-state index in [0.717, 1.165) is 0 Å². The van der Waals surface area contributed by atoms with E-state index in [-0.39, 0.29) is 55.8 Å². The summed E-state index contributed by atoms with van der Waals surface area (Å²) < 4.78 is 22.7. The van der Waals surface area contributed by atoms with Crippen LogP contribution in [-0.2, 0) is 9.13 Å². The third-order valence-electron chi connectivity index (χ3n) is 3.92. The van der Waals surface area contributed by atoms with Gasteiger partial charge in [0.2, 0.25) is 0 Å². The largest absolute Gasteiger partial charge is 1.00 e. The molecular formula is C9H22NNaO7P2. The number of hydrogen-bond donors (Lipinski definition) is 6. The van der Waals surface area contributed by atoms with Crippen molar-refractivity contribution in [1.82, 2.24) is 0 Å². The van der Waals surface area contributed by atoms with Crippen LogP contribution in [-0.4, -0.2) is 35.8 Å². The van der Waals surface area contributed by atoms with Gasteiger partial charge in [-0.1, -0.05) is 0 Å². The molecule has 0 heterocycles. The molecule has 0 saturated heterocycles. The number of hydrogen-bond acceptors (Lipinski definition) is 4. The number of rotatable bonds is 4. The zero-order valence-corrected chi connectivity index (χ0v) is 15.4. The fourth-order valence-corrected chi connectivity index (χ4v) is 5.50. The van der Waals surface area contributed by atoms with Crippen LogP contribution < -0.4 is 35.3 Å². The Bertz CT molecular complexity index is 396. The summed E-state index contributed by atoms with van der Waals surface area (Å²) >= 11 is 0. The van der Waals surface area contributed by atoms with E-state index < -0.39 is 26.2 Å². The molecule has 0 aliphatic heterocycles. The zero-order chi connectivity index (χ0) is 15.1. The first-order valence-electron chi connectivity index (χ1n) is 6.00. The van der Waals surface area contributed by atoms with Gasteiger partial charge in [-0.15, -0.1) is 0 Å². The van der Waals surface area contributed by atoms with Crippen LogP contribution in [0, 0.1) is 11.8 Å². The first-order chi connectivity index (χ1) is 8.41. The van der Waals surface area contributed by atoms with Gasteiger partial charge in [0.25, 0.3) is 5.08 Å². The van der Waals surface area contributed by atoms with Crippen molar-refractivity contribution >= 4 is 15.2 Å². The maximum absolute atomic E-state index is 11.3. The van der Waals surface area contributed by atoms with Gasteiger partial charge in [0.1, 0.15) is 0 Å². The molecule has 20 heavy (non-hydrogen) atoms. The van der Waals surface area contributed by atoms with Crippen molar-refractivity contribution in [2.24, 2.45) is 17.6 Å². The molecule has 0 spiro atoms. The van der Waals surface area contributed by atoms with E-state index in [0.29, 0.717) is 12.8 Å². The SMILES string of the molecule is CC(N)C1CCC(C(O)(P(=O)(O)O)P(=O)(O)O)CC1.[H-].[Na+]. The minimum absolute atomic E-state index is 0. The van der Waals surface area contributed by atoms with Crippen LogP contribution in [0.15, 0.2) is 0 Å². The first kappa shape index (κ1) is 21.2. The third-order valence-corrected chi connectivity index (χ3v) is 7.93. The average molecular weight is 341 g/mol. The van der Waals surface area contributed by atoms with Crippen molar-refractivity contribution in [2.75, 3.05) is 0 Å². The molecule has 1 rings (SSSR count). The molecule has 1 atom stereocenters. The van der Waals surface area contributed by atoms with Gasteiger partial charge in [-0.3, -0.25) is 9.13 Å². The fourth-order valence-electron chi connectivity index (χ4n) is 2.68. The van der Waals surface area contributed by atoms with Crippen LogP contribution in [0.3, 0.4) is 0 Å². The van der Waals surface area contributed by atoms with Gasteiger partial charge < -0.3 is 31.8 Å².